The maximum absolute atomic E-state index is 12.2. The molecule has 0 saturated carbocycles. The van der Waals surface area contributed by atoms with Gasteiger partial charge in [0.05, 0.1) is 0 Å². The number of nitrogens with zero attached hydrogens (tertiary/aromatic N) is 3. The van der Waals surface area contributed by atoms with E-state index in [0.717, 1.165) is 0 Å². The lowest BCUT2D eigenvalue weighted by Gasteiger charge is -2.19. The first-order chi connectivity index (χ1) is 8.61. The van der Waals surface area contributed by atoms with E-state index in [2.05, 4.69) is 15.2 Å². The number of nitrogens with one attached hydrogen (secondary N) is 1. The highest BCUT2D eigenvalue weighted by Crippen LogP contribution is 2.21. The molecule has 1 amide bonds. The van der Waals surface area contributed by atoms with Crippen LogP contribution in [0, 0.1) is 6.92 Å². The van der Waals surface area contributed by atoms with Gasteiger partial charge >= 0.3 is 0 Å². The number of amides is 1. The van der Waals surface area contributed by atoms with E-state index in [1.165, 1.54) is 11.0 Å². The van der Waals surface area contributed by atoms with E-state index >= 15 is 0 Å². The average molecular weight is 246 g/mol. The summed E-state index contributed by atoms with van der Waals surface area (Å²) in [5, 5.41) is 15.9. The van der Waals surface area contributed by atoms with E-state index in [4.69, 9.17) is 0 Å². The number of anilines is 1. The number of aryl methyl sites for hydroxylation is 1. The van der Waals surface area contributed by atoms with Crippen LogP contribution in [-0.2, 0) is 0 Å². The van der Waals surface area contributed by atoms with Crippen LogP contribution in [0.1, 0.15) is 23.4 Å². The van der Waals surface area contributed by atoms with Crippen molar-refractivity contribution in [3.63, 3.8) is 0 Å². The third kappa shape index (κ3) is 2.32. The van der Waals surface area contributed by atoms with Crippen molar-refractivity contribution in [2.75, 3.05) is 11.4 Å². The SMILES string of the molecule is CCN(C(=O)c1n[nH]c(C)n1)c1cccc(O)c1. The minimum absolute atomic E-state index is 0.116. The van der Waals surface area contributed by atoms with Crippen LogP contribution in [0.2, 0.25) is 0 Å². The minimum atomic E-state index is -0.299. The van der Waals surface area contributed by atoms with E-state index in [0.29, 0.717) is 18.1 Å². The molecular weight excluding hydrogens is 232 g/mol. The van der Waals surface area contributed by atoms with Crippen LogP contribution in [-0.4, -0.2) is 32.7 Å². The zero-order valence-corrected chi connectivity index (χ0v) is 10.2. The van der Waals surface area contributed by atoms with Gasteiger partial charge in [-0.25, -0.2) is 4.98 Å². The Kier molecular flexibility index (Phi) is 3.27. The molecule has 0 bridgehead atoms. The van der Waals surface area contributed by atoms with Crippen molar-refractivity contribution in [2.24, 2.45) is 0 Å². The molecule has 0 atom stereocenters. The molecule has 18 heavy (non-hydrogen) atoms. The molecule has 6 nitrogen and oxygen atoms in total. The molecule has 2 aromatic rings. The molecule has 2 rings (SSSR count). The normalized spacial score (nSPS) is 10.3. The van der Waals surface area contributed by atoms with Crippen molar-refractivity contribution < 1.29 is 9.90 Å². The van der Waals surface area contributed by atoms with Gasteiger partial charge in [-0.2, -0.15) is 0 Å². The lowest BCUT2D eigenvalue weighted by atomic mass is 10.2. The van der Waals surface area contributed by atoms with E-state index in [-0.39, 0.29) is 17.5 Å². The topological polar surface area (TPSA) is 82.1 Å². The van der Waals surface area contributed by atoms with Crippen LogP contribution >= 0.6 is 0 Å². The largest absolute Gasteiger partial charge is 0.508 e. The summed E-state index contributed by atoms with van der Waals surface area (Å²) < 4.78 is 0. The number of aromatic hydroxyl groups is 1. The Balaban J connectivity index is 2.31. The molecule has 1 aromatic carbocycles. The number of hydrogen-bond donors (Lipinski definition) is 2. The fourth-order valence-corrected chi connectivity index (χ4v) is 1.66. The van der Waals surface area contributed by atoms with Gasteiger partial charge in [-0.05, 0) is 26.0 Å². The van der Waals surface area contributed by atoms with Crippen LogP contribution in [0.15, 0.2) is 24.3 Å². The molecular formula is C12H14N4O2. The van der Waals surface area contributed by atoms with Gasteiger partial charge in [0.2, 0.25) is 5.82 Å². The Morgan fingerprint density at radius 1 is 1.50 bits per heavy atom. The number of H-pyrrole nitrogens is 1. The Hall–Kier alpha value is -2.37. The highest BCUT2D eigenvalue weighted by Gasteiger charge is 2.20. The maximum atomic E-state index is 12.2. The zero-order chi connectivity index (χ0) is 13.1. The fraction of sp³-hybridized carbons (Fsp3) is 0.250. The highest BCUT2D eigenvalue weighted by atomic mass is 16.3. The third-order valence-corrected chi connectivity index (χ3v) is 2.49. The van der Waals surface area contributed by atoms with E-state index in [1.54, 1.807) is 25.1 Å². The second kappa shape index (κ2) is 4.87. The number of carbonyl (C=O) groups excluding carboxylic acids is 1. The van der Waals surface area contributed by atoms with Gasteiger partial charge < -0.3 is 10.0 Å². The predicted molar refractivity (Wildman–Crippen MR) is 66.6 cm³/mol. The van der Waals surface area contributed by atoms with Crippen molar-refractivity contribution in [3.8, 4) is 5.75 Å². The number of phenols is 1. The van der Waals surface area contributed by atoms with Crippen molar-refractivity contribution in [2.45, 2.75) is 13.8 Å². The second-order valence-corrected chi connectivity index (χ2v) is 3.81. The van der Waals surface area contributed by atoms with Gasteiger partial charge in [0.25, 0.3) is 5.91 Å². The van der Waals surface area contributed by atoms with Crippen LogP contribution in [0.5, 0.6) is 5.75 Å². The predicted octanol–water partition coefficient (Wildman–Crippen LogP) is 1.49. The maximum Gasteiger partial charge on any atom is 0.297 e. The Bertz CT molecular complexity index is 565. The number of carbonyl (C=O) groups is 1. The van der Waals surface area contributed by atoms with Crippen molar-refractivity contribution in [3.05, 3.63) is 35.9 Å². The number of benzene rings is 1. The van der Waals surface area contributed by atoms with Crippen LogP contribution in [0.4, 0.5) is 5.69 Å². The quantitative estimate of drug-likeness (QED) is 0.859. The molecule has 0 aliphatic rings. The third-order valence-electron chi connectivity index (χ3n) is 2.49. The van der Waals surface area contributed by atoms with Gasteiger partial charge in [-0.3, -0.25) is 9.89 Å². The molecule has 94 valence electrons. The number of aromatic amines is 1. The monoisotopic (exact) mass is 246 g/mol. The standard InChI is InChI=1S/C12H14N4O2/c1-3-16(9-5-4-6-10(17)7-9)12(18)11-13-8(2)14-15-11/h4-7,17H,3H2,1-2H3,(H,13,14,15). The highest BCUT2D eigenvalue weighted by molar-refractivity contribution is 6.03. The summed E-state index contributed by atoms with van der Waals surface area (Å²) >= 11 is 0. The van der Waals surface area contributed by atoms with Gasteiger partial charge in [0.1, 0.15) is 11.6 Å². The van der Waals surface area contributed by atoms with Crippen molar-refractivity contribution in [1.29, 1.82) is 0 Å². The smallest absolute Gasteiger partial charge is 0.297 e. The molecule has 0 aliphatic heterocycles. The number of phenolic OH excluding ortho intramolecular Hbond substituents is 1. The Morgan fingerprint density at radius 3 is 2.83 bits per heavy atom. The number of rotatable bonds is 3. The van der Waals surface area contributed by atoms with Gasteiger partial charge in [0, 0.05) is 18.3 Å². The summed E-state index contributed by atoms with van der Waals surface area (Å²) in [5.74, 6) is 0.528. The molecule has 0 unspecified atom stereocenters. The molecule has 2 N–H and O–H groups in total. The molecule has 0 radical (unpaired) electrons. The summed E-state index contributed by atoms with van der Waals surface area (Å²) in [5.41, 5.74) is 0.616. The summed E-state index contributed by atoms with van der Waals surface area (Å²) in [6.07, 6.45) is 0. The van der Waals surface area contributed by atoms with E-state index in [1.807, 2.05) is 6.92 Å². The zero-order valence-electron chi connectivity index (χ0n) is 10.2. The molecule has 1 heterocycles. The summed E-state index contributed by atoms with van der Waals surface area (Å²) in [6.45, 7) is 4.05. The first-order valence-electron chi connectivity index (χ1n) is 5.61. The second-order valence-electron chi connectivity index (χ2n) is 3.81. The summed E-state index contributed by atoms with van der Waals surface area (Å²) in [4.78, 5) is 17.7. The van der Waals surface area contributed by atoms with Crippen molar-refractivity contribution >= 4 is 11.6 Å². The molecule has 1 aromatic heterocycles. The molecule has 0 aliphatic carbocycles. The molecule has 0 spiro atoms. The van der Waals surface area contributed by atoms with Gasteiger partial charge in [0.15, 0.2) is 0 Å². The first-order valence-corrected chi connectivity index (χ1v) is 5.61. The molecule has 0 saturated heterocycles. The molecule has 0 fully saturated rings. The first kappa shape index (κ1) is 12.1. The molecule has 6 heteroatoms. The number of aromatic nitrogens is 3. The lowest BCUT2D eigenvalue weighted by Crippen LogP contribution is -2.31. The lowest BCUT2D eigenvalue weighted by molar-refractivity contribution is 0.0978. The Labute approximate surface area is 104 Å². The number of hydrogen-bond acceptors (Lipinski definition) is 4. The van der Waals surface area contributed by atoms with Crippen LogP contribution < -0.4 is 4.90 Å². The minimum Gasteiger partial charge on any atom is -0.508 e. The Morgan fingerprint density at radius 2 is 2.28 bits per heavy atom. The van der Waals surface area contributed by atoms with Crippen molar-refractivity contribution in [1.82, 2.24) is 15.2 Å². The summed E-state index contributed by atoms with van der Waals surface area (Å²) in [6, 6.07) is 6.52. The van der Waals surface area contributed by atoms with E-state index < -0.39 is 0 Å². The average Bonchev–Trinajstić information content (AvgIpc) is 2.77. The van der Waals surface area contributed by atoms with Gasteiger partial charge in [-0.15, -0.1) is 5.10 Å². The van der Waals surface area contributed by atoms with Gasteiger partial charge in [-0.1, -0.05) is 6.07 Å². The fourth-order valence-electron chi connectivity index (χ4n) is 1.66. The van der Waals surface area contributed by atoms with Crippen LogP contribution in [0.3, 0.4) is 0 Å². The van der Waals surface area contributed by atoms with E-state index in [9.17, 15) is 9.90 Å². The summed E-state index contributed by atoms with van der Waals surface area (Å²) in [7, 11) is 0. The van der Waals surface area contributed by atoms with Crippen LogP contribution in [0.25, 0.3) is 0 Å².